The number of sulfonamides is 1. The first-order chi connectivity index (χ1) is 11.7. The third-order valence-corrected chi connectivity index (χ3v) is 4.54. The maximum Gasteiger partial charge on any atom is 0.253 e. The number of piperazine rings is 1. The van der Waals surface area contributed by atoms with Crippen molar-refractivity contribution >= 4 is 27.5 Å². The molecule has 1 fully saturated rings. The summed E-state index contributed by atoms with van der Waals surface area (Å²) in [4.78, 5) is 28.1. The van der Waals surface area contributed by atoms with E-state index < -0.39 is 10.0 Å². The molecule has 0 atom stereocenters. The lowest BCUT2D eigenvalue weighted by molar-refractivity contribution is -0.133. The Hall–Kier alpha value is -2.09. The number of benzene rings is 1. The molecule has 0 unspecified atom stereocenters. The molecule has 0 bridgehead atoms. The first-order valence-corrected chi connectivity index (χ1v) is 10.2. The Kier molecular flexibility index (Phi) is 6.05. The number of carbonyl (C=O) groups excluding carboxylic acids is 2. The molecular formula is C17H25N3O4S. The van der Waals surface area contributed by atoms with Crippen LogP contribution in [0, 0.1) is 5.92 Å². The molecule has 8 heteroatoms. The van der Waals surface area contributed by atoms with E-state index in [0.717, 1.165) is 6.26 Å². The lowest BCUT2D eigenvalue weighted by Gasteiger charge is -2.35. The summed E-state index contributed by atoms with van der Waals surface area (Å²) in [5.41, 5.74) is 0.921. The Labute approximate surface area is 149 Å². The van der Waals surface area contributed by atoms with Crippen molar-refractivity contribution in [3.05, 3.63) is 29.8 Å². The summed E-state index contributed by atoms with van der Waals surface area (Å²) >= 11 is 0. The zero-order valence-electron chi connectivity index (χ0n) is 14.9. The van der Waals surface area contributed by atoms with Crippen LogP contribution in [0.1, 0.15) is 30.6 Å². The number of rotatable bonds is 5. The van der Waals surface area contributed by atoms with Crippen LogP contribution in [-0.2, 0) is 14.8 Å². The van der Waals surface area contributed by atoms with E-state index in [9.17, 15) is 18.0 Å². The van der Waals surface area contributed by atoms with Gasteiger partial charge in [0.25, 0.3) is 5.91 Å². The van der Waals surface area contributed by atoms with Crippen LogP contribution in [-0.4, -0.2) is 62.5 Å². The van der Waals surface area contributed by atoms with E-state index in [4.69, 9.17) is 0 Å². The summed E-state index contributed by atoms with van der Waals surface area (Å²) in [6.07, 6.45) is 1.61. The molecule has 25 heavy (non-hydrogen) atoms. The van der Waals surface area contributed by atoms with Gasteiger partial charge in [0.15, 0.2) is 0 Å². The van der Waals surface area contributed by atoms with Gasteiger partial charge in [-0.25, -0.2) is 8.42 Å². The molecule has 1 saturated heterocycles. The number of amides is 2. The van der Waals surface area contributed by atoms with E-state index in [2.05, 4.69) is 4.72 Å². The maximum absolute atomic E-state index is 12.5. The van der Waals surface area contributed by atoms with Gasteiger partial charge >= 0.3 is 0 Å². The number of nitrogens with zero attached hydrogens (tertiary/aromatic N) is 2. The molecule has 1 heterocycles. The highest BCUT2D eigenvalue weighted by Gasteiger charge is 2.25. The van der Waals surface area contributed by atoms with E-state index in [1.165, 1.54) is 0 Å². The number of hydrogen-bond donors (Lipinski definition) is 1. The van der Waals surface area contributed by atoms with Gasteiger partial charge in [0.2, 0.25) is 15.9 Å². The minimum absolute atomic E-state index is 0.109. The Morgan fingerprint density at radius 2 is 1.56 bits per heavy atom. The van der Waals surface area contributed by atoms with Crippen LogP contribution in [0.5, 0.6) is 0 Å². The predicted molar refractivity (Wildman–Crippen MR) is 96.8 cm³/mol. The second kappa shape index (κ2) is 7.86. The highest BCUT2D eigenvalue weighted by Crippen LogP contribution is 2.15. The second-order valence-electron chi connectivity index (χ2n) is 6.72. The minimum atomic E-state index is -3.34. The fraction of sp³-hybridized carbons (Fsp3) is 0.529. The molecule has 1 N–H and O–H groups in total. The van der Waals surface area contributed by atoms with Crippen LogP contribution in [0.15, 0.2) is 24.3 Å². The van der Waals surface area contributed by atoms with E-state index in [1.54, 1.807) is 29.2 Å². The quantitative estimate of drug-likeness (QED) is 0.852. The topological polar surface area (TPSA) is 86.8 Å². The van der Waals surface area contributed by atoms with Gasteiger partial charge in [0.05, 0.1) is 6.26 Å². The molecule has 2 rings (SSSR count). The minimum Gasteiger partial charge on any atom is -0.339 e. The van der Waals surface area contributed by atoms with Gasteiger partial charge in [-0.1, -0.05) is 13.8 Å². The largest absolute Gasteiger partial charge is 0.339 e. The average Bonchev–Trinajstić information content (AvgIpc) is 2.53. The maximum atomic E-state index is 12.5. The number of nitrogens with one attached hydrogen (secondary N) is 1. The molecule has 1 aromatic rings. The van der Waals surface area contributed by atoms with E-state index in [-0.39, 0.29) is 11.8 Å². The number of anilines is 1. The molecule has 1 aliphatic heterocycles. The van der Waals surface area contributed by atoms with Gasteiger partial charge in [0, 0.05) is 43.9 Å². The average molecular weight is 367 g/mol. The second-order valence-corrected chi connectivity index (χ2v) is 8.47. The third-order valence-electron chi connectivity index (χ3n) is 3.94. The van der Waals surface area contributed by atoms with Crippen molar-refractivity contribution < 1.29 is 18.0 Å². The van der Waals surface area contributed by atoms with Crippen molar-refractivity contribution in [2.75, 3.05) is 37.2 Å². The molecule has 1 aromatic carbocycles. The van der Waals surface area contributed by atoms with Gasteiger partial charge in [-0.05, 0) is 30.2 Å². The lowest BCUT2D eigenvalue weighted by atomic mass is 10.1. The monoisotopic (exact) mass is 367 g/mol. The fourth-order valence-electron chi connectivity index (χ4n) is 2.71. The van der Waals surface area contributed by atoms with Crippen LogP contribution in [0.2, 0.25) is 0 Å². The number of hydrogen-bond acceptors (Lipinski definition) is 4. The molecule has 1 aliphatic rings. The Morgan fingerprint density at radius 1 is 1.04 bits per heavy atom. The van der Waals surface area contributed by atoms with Gasteiger partial charge in [-0.15, -0.1) is 0 Å². The zero-order valence-corrected chi connectivity index (χ0v) is 15.7. The van der Waals surface area contributed by atoms with Gasteiger partial charge in [-0.2, -0.15) is 0 Å². The molecule has 7 nitrogen and oxygen atoms in total. The van der Waals surface area contributed by atoms with Crippen LogP contribution >= 0.6 is 0 Å². The first kappa shape index (κ1) is 19.2. The molecule has 0 saturated carbocycles. The summed E-state index contributed by atoms with van der Waals surface area (Å²) in [5.74, 6) is 0.353. The smallest absolute Gasteiger partial charge is 0.253 e. The van der Waals surface area contributed by atoms with Gasteiger partial charge in [0.1, 0.15) is 0 Å². The molecule has 0 aromatic heterocycles. The normalized spacial score (nSPS) is 15.4. The van der Waals surface area contributed by atoms with Gasteiger partial charge < -0.3 is 9.80 Å². The standard InChI is InChI=1S/C17H25N3O4S/c1-13(2)12-16(21)19-8-10-20(11-9-19)17(22)14-4-6-15(7-5-14)18-25(3,23)24/h4-7,13,18H,8-12H2,1-3H3. The lowest BCUT2D eigenvalue weighted by Crippen LogP contribution is -2.50. The van der Waals surface area contributed by atoms with Crippen LogP contribution < -0.4 is 4.72 Å². The Morgan fingerprint density at radius 3 is 2.04 bits per heavy atom. The summed E-state index contributed by atoms with van der Waals surface area (Å²) in [6, 6.07) is 6.34. The Bertz CT molecular complexity index is 721. The third kappa shape index (κ3) is 5.74. The van der Waals surface area contributed by atoms with Crippen molar-refractivity contribution in [2.45, 2.75) is 20.3 Å². The van der Waals surface area contributed by atoms with E-state index >= 15 is 0 Å². The molecule has 2 amide bonds. The predicted octanol–water partition coefficient (Wildman–Crippen LogP) is 1.39. The molecule has 138 valence electrons. The number of carbonyl (C=O) groups is 2. The molecule has 0 spiro atoms. The highest BCUT2D eigenvalue weighted by molar-refractivity contribution is 7.92. The summed E-state index contributed by atoms with van der Waals surface area (Å²) in [6.45, 7) is 6.13. The summed E-state index contributed by atoms with van der Waals surface area (Å²) in [5, 5.41) is 0. The molecular weight excluding hydrogens is 342 g/mol. The van der Waals surface area contributed by atoms with Crippen LogP contribution in [0.4, 0.5) is 5.69 Å². The van der Waals surface area contributed by atoms with Crippen molar-refractivity contribution in [1.82, 2.24) is 9.80 Å². The fourth-order valence-corrected chi connectivity index (χ4v) is 3.28. The van der Waals surface area contributed by atoms with E-state index in [1.807, 2.05) is 18.7 Å². The molecule has 0 radical (unpaired) electrons. The molecule has 0 aliphatic carbocycles. The van der Waals surface area contributed by atoms with E-state index in [0.29, 0.717) is 49.8 Å². The SMILES string of the molecule is CC(C)CC(=O)N1CCN(C(=O)c2ccc(NS(C)(=O)=O)cc2)CC1. The van der Waals surface area contributed by atoms with Crippen molar-refractivity contribution in [2.24, 2.45) is 5.92 Å². The van der Waals surface area contributed by atoms with Crippen LogP contribution in [0.25, 0.3) is 0 Å². The Balaban J connectivity index is 1.93. The van der Waals surface area contributed by atoms with Crippen molar-refractivity contribution in [3.63, 3.8) is 0 Å². The summed E-state index contributed by atoms with van der Waals surface area (Å²) in [7, 11) is -3.34. The zero-order chi connectivity index (χ0) is 18.6. The summed E-state index contributed by atoms with van der Waals surface area (Å²) < 4.78 is 24.8. The highest BCUT2D eigenvalue weighted by atomic mass is 32.2. The van der Waals surface area contributed by atoms with Gasteiger partial charge in [-0.3, -0.25) is 14.3 Å². The van der Waals surface area contributed by atoms with Crippen molar-refractivity contribution in [3.8, 4) is 0 Å². The van der Waals surface area contributed by atoms with Crippen LogP contribution in [0.3, 0.4) is 0 Å². The first-order valence-electron chi connectivity index (χ1n) is 8.30. The van der Waals surface area contributed by atoms with Crippen molar-refractivity contribution in [1.29, 1.82) is 0 Å².